The number of anilines is 1. The third-order valence-electron chi connectivity index (χ3n) is 2.83. The van der Waals surface area contributed by atoms with E-state index in [0.29, 0.717) is 18.5 Å². The molecule has 0 saturated heterocycles. The van der Waals surface area contributed by atoms with E-state index in [0.717, 1.165) is 17.8 Å². The molecule has 0 radical (unpaired) electrons. The molecule has 1 atom stereocenters. The van der Waals surface area contributed by atoms with E-state index >= 15 is 0 Å². The molecule has 0 unspecified atom stereocenters. The number of benzene rings is 1. The van der Waals surface area contributed by atoms with Gasteiger partial charge < -0.3 is 10.0 Å². The van der Waals surface area contributed by atoms with E-state index in [9.17, 15) is 5.11 Å². The molecule has 0 fully saturated rings. The van der Waals surface area contributed by atoms with Gasteiger partial charge in [-0.05, 0) is 26.0 Å². The van der Waals surface area contributed by atoms with Crippen molar-refractivity contribution in [2.24, 2.45) is 0 Å². The molecule has 0 aliphatic carbocycles. The lowest BCUT2D eigenvalue weighted by molar-refractivity contribution is 0.199. The molecule has 1 rings (SSSR count). The fraction of sp³-hybridized carbons (Fsp3) is 0.429. The fourth-order valence-corrected chi connectivity index (χ4v) is 1.87. The minimum absolute atomic E-state index is 0.421. The number of nitriles is 2. The summed E-state index contributed by atoms with van der Waals surface area (Å²) in [4.78, 5) is 2.01. The summed E-state index contributed by atoms with van der Waals surface area (Å²) in [5.74, 6) is 0. The van der Waals surface area contributed by atoms with Gasteiger partial charge in [0, 0.05) is 24.3 Å². The van der Waals surface area contributed by atoms with Crippen LogP contribution in [0.4, 0.5) is 5.69 Å². The lowest BCUT2D eigenvalue weighted by Crippen LogP contribution is -2.25. The van der Waals surface area contributed by atoms with E-state index < -0.39 is 6.10 Å². The zero-order chi connectivity index (χ0) is 13.5. The minimum atomic E-state index is -0.594. The van der Waals surface area contributed by atoms with Gasteiger partial charge in [0.25, 0.3) is 0 Å². The Kier molecular flexibility index (Phi) is 5.17. The Morgan fingerprint density at radius 1 is 1.39 bits per heavy atom. The maximum absolute atomic E-state index is 9.76. The Morgan fingerprint density at radius 2 is 2.11 bits per heavy atom. The molecule has 0 spiro atoms. The molecule has 18 heavy (non-hydrogen) atoms. The highest BCUT2D eigenvalue weighted by Gasteiger charge is 2.14. The summed E-state index contributed by atoms with van der Waals surface area (Å²) in [6, 6.07) is 9.44. The van der Waals surface area contributed by atoms with E-state index in [1.807, 2.05) is 11.8 Å². The van der Waals surface area contributed by atoms with Gasteiger partial charge in [-0.15, -0.1) is 0 Å². The van der Waals surface area contributed by atoms with E-state index in [4.69, 9.17) is 10.5 Å². The maximum atomic E-state index is 9.76. The van der Waals surface area contributed by atoms with Crippen LogP contribution >= 0.6 is 0 Å². The van der Waals surface area contributed by atoms with Crippen molar-refractivity contribution in [1.29, 1.82) is 10.5 Å². The van der Waals surface area contributed by atoms with Gasteiger partial charge >= 0.3 is 0 Å². The van der Waals surface area contributed by atoms with Gasteiger partial charge in [0.2, 0.25) is 0 Å². The first-order valence-corrected chi connectivity index (χ1v) is 5.98. The van der Waals surface area contributed by atoms with Crippen LogP contribution in [0.5, 0.6) is 0 Å². The average molecular weight is 243 g/mol. The molecule has 4 heteroatoms. The largest absolute Gasteiger partial charge is 0.389 e. The highest BCUT2D eigenvalue weighted by atomic mass is 16.3. The van der Waals surface area contributed by atoms with Crippen LogP contribution in [-0.4, -0.2) is 18.2 Å². The van der Waals surface area contributed by atoms with Crippen LogP contribution < -0.4 is 4.90 Å². The van der Waals surface area contributed by atoms with Crippen molar-refractivity contribution in [2.75, 3.05) is 18.0 Å². The highest BCUT2D eigenvalue weighted by Crippen LogP contribution is 2.27. The minimum Gasteiger partial charge on any atom is -0.389 e. The molecule has 0 saturated carbocycles. The number of aliphatic hydroxyl groups is 1. The summed E-state index contributed by atoms with van der Waals surface area (Å²) >= 11 is 0. The second-order valence-electron chi connectivity index (χ2n) is 4.05. The molecular weight excluding hydrogens is 226 g/mol. The Bertz CT molecular complexity index is 483. The molecule has 1 N–H and O–H groups in total. The predicted molar refractivity (Wildman–Crippen MR) is 69.9 cm³/mol. The van der Waals surface area contributed by atoms with Gasteiger partial charge in [0.15, 0.2) is 0 Å². The second kappa shape index (κ2) is 6.64. The SMILES string of the molecule is CCN(CCC#N)c1cc(C#N)ccc1[C@H](C)O. The van der Waals surface area contributed by atoms with Crippen molar-refractivity contribution in [2.45, 2.75) is 26.4 Å². The molecule has 0 aliphatic rings. The Labute approximate surface area is 108 Å². The van der Waals surface area contributed by atoms with Crippen molar-refractivity contribution < 1.29 is 5.11 Å². The molecule has 0 amide bonds. The van der Waals surface area contributed by atoms with Crippen LogP contribution in [0.3, 0.4) is 0 Å². The first-order valence-electron chi connectivity index (χ1n) is 5.98. The van der Waals surface area contributed by atoms with Crippen molar-refractivity contribution >= 4 is 5.69 Å². The lowest BCUT2D eigenvalue weighted by Gasteiger charge is -2.26. The van der Waals surface area contributed by atoms with E-state index in [1.54, 1.807) is 25.1 Å². The third-order valence-corrected chi connectivity index (χ3v) is 2.83. The summed E-state index contributed by atoms with van der Waals surface area (Å²) in [5.41, 5.74) is 2.18. The molecular formula is C14H17N3O. The van der Waals surface area contributed by atoms with Crippen LogP contribution in [0.15, 0.2) is 18.2 Å². The van der Waals surface area contributed by atoms with Crippen molar-refractivity contribution in [3.63, 3.8) is 0 Å². The number of nitrogens with zero attached hydrogens (tertiary/aromatic N) is 3. The number of rotatable bonds is 5. The quantitative estimate of drug-likeness (QED) is 0.861. The molecule has 0 bridgehead atoms. The number of aliphatic hydroxyl groups excluding tert-OH is 1. The van der Waals surface area contributed by atoms with Crippen molar-refractivity contribution in [3.8, 4) is 12.1 Å². The second-order valence-corrected chi connectivity index (χ2v) is 4.05. The zero-order valence-electron chi connectivity index (χ0n) is 10.7. The summed E-state index contributed by atoms with van der Waals surface area (Å²) < 4.78 is 0. The Hall–Kier alpha value is -2.04. The van der Waals surface area contributed by atoms with Gasteiger partial charge in [-0.25, -0.2) is 0 Å². The van der Waals surface area contributed by atoms with Crippen LogP contribution in [0.2, 0.25) is 0 Å². The summed E-state index contributed by atoms with van der Waals surface area (Å²) in [5, 5.41) is 27.4. The molecule has 94 valence electrons. The first-order chi connectivity index (χ1) is 8.63. The average Bonchev–Trinajstić information content (AvgIpc) is 2.39. The molecule has 1 aromatic rings. The maximum Gasteiger partial charge on any atom is 0.0992 e. The predicted octanol–water partition coefficient (Wildman–Crippen LogP) is 2.35. The smallest absolute Gasteiger partial charge is 0.0992 e. The fourth-order valence-electron chi connectivity index (χ4n) is 1.87. The zero-order valence-corrected chi connectivity index (χ0v) is 10.7. The number of hydrogen-bond acceptors (Lipinski definition) is 4. The third kappa shape index (κ3) is 3.23. The van der Waals surface area contributed by atoms with Gasteiger partial charge in [0.05, 0.1) is 30.2 Å². The van der Waals surface area contributed by atoms with Crippen LogP contribution in [0.25, 0.3) is 0 Å². The summed E-state index contributed by atoms with van der Waals surface area (Å²) in [6.07, 6.45) is -0.173. The molecule has 1 aromatic carbocycles. The Morgan fingerprint density at radius 3 is 2.61 bits per heavy atom. The normalized spacial score (nSPS) is 11.4. The van der Waals surface area contributed by atoms with Crippen LogP contribution in [-0.2, 0) is 0 Å². The Balaban J connectivity index is 3.17. The topological polar surface area (TPSA) is 71.0 Å². The first kappa shape index (κ1) is 14.0. The lowest BCUT2D eigenvalue weighted by atomic mass is 10.0. The monoisotopic (exact) mass is 243 g/mol. The van der Waals surface area contributed by atoms with Gasteiger partial charge in [-0.2, -0.15) is 10.5 Å². The van der Waals surface area contributed by atoms with Crippen LogP contribution in [0.1, 0.15) is 37.5 Å². The van der Waals surface area contributed by atoms with Gasteiger partial charge in [-0.3, -0.25) is 0 Å². The number of hydrogen-bond donors (Lipinski definition) is 1. The van der Waals surface area contributed by atoms with Crippen molar-refractivity contribution in [3.05, 3.63) is 29.3 Å². The molecule has 4 nitrogen and oxygen atoms in total. The molecule has 0 aromatic heterocycles. The van der Waals surface area contributed by atoms with E-state index in [-0.39, 0.29) is 0 Å². The van der Waals surface area contributed by atoms with Crippen LogP contribution in [0, 0.1) is 22.7 Å². The molecule has 0 heterocycles. The molecule has 0 aliphatic heterocycles. The van der Waals surface area contributed by atoms with Crippen molar-refractivity contribution in [1.82, 2.24) is 0 Å². The van der Waals surface area contributed by atoms with Gasteiger partial charge in [-0.1, -0.05) is 6.07 Å². The summed E-state index contributed by atoms with van der Waals surface area (Å²) in [7, 11) is 0. The highest BCUT2D eigenvalue weighted by molar-refractivity contribution is 5.58. The van der Waals surface area contributed by atoms with E-state index in [1.165, 1.54) is 0 Å². The van der Waals surface area contributed by atoms with Gasteiger partial charge in [0.1, 0.15) is 0 Å². The summed E-state index contributed by atoms with van der Waals surface area (Å²) in [6.45, 7) is 5.02. The van der Waals surface area contributed by atoms with E-state index in [2.05, 4.69) is 12.1 Å². The standard InChI is InChI=1S/C14H17N3O/c1-3-17(8-4-7-15)14-9-12(10-16)5-6-13(14)11(2)18/h5-6,9,11,18H,3-4,8H2,1-2H3/t11-/m0/s1.